The van der Waals surface area contributed by atoms with Crippen molar-refractivity contribution in [2.24, 2.45) is 4.99 Å². The van der Waals surface area contributed by atoms with E-state index >= 15 is 0 Å². The van der Waals surface area contributed by atoms with Crippen molar-refractivity contribution in [1.29, 1.82) is 0 Å². The molecule has 0 aliphatic heterocycles. The van der Waals surface area contributed by atoms with E-state index in [1.807, 2.05) is 79.7 Å². The Bertz CT molecular complexity index is 1540. The van der Waals surface area contributed by atoms with Crippen molar-refractivity contribution >= 4 is 28.3 Å². The summed E-state index contributed by atoms with van der Waals surface area (Å²) in [7, 11) is 0. The zero-order valence-electron chi connectivity index (χ0n) is 20.2. The molecular weight excluding hydrogens is 470 g/mol. The monoisotopic (exact) mass is 495 g/mol. The normalized spacial score (nSPS) is 11.6. The minimum Gasteiger partial charge on any atom is -0.494 e. The number of rotatable bonds is 7. The molecule has 0 spiro atoms. The topological polar surface area (TPSA) is 44.0 Å². The number of aryl methyl sites for hydroxylation is 1. The van der Waals surface area contributed by atoms with Gasteiger partial charge in [0.2, 0.25) is 0 Å². The number of ether oxygens (including phenoxy) is 2. The fraction of sp³-hybridized carbons (Fsp3) is 0.129. The van der Waals surface area contributed by atoms with E-state index in [0.29, 0.717) is 18.2 Å². The largest absolute Gasteiger partial charge is 0.494 e. The summed E-state index contributed by atoms with van der Waals surface area (Å²) >= 11 is 5.96. The molecule has 0 radical (unpaired) electrons. The van der Waals surface area contributed by atoms with E-state index < -0.39 is 0 Å². The lowest BCUT2D eigenvalue weighted by atomic mass is 10.1. The molecule has 0 aliphatic carbocycles. The van der Waals surface area contributed by atoms with Gasteiger partial charge in [0.25, 0.3) is 0 Å². The Morgan fingerprint density at radius 3 is 2.22 bits per heavy atom. The number of benzene rings is 4. The quantitative estimate of drug-likeness (QED) is 0.228. The lowest BCUT2D eigenvalue weighted by Gasteiger charge is -2.08. The minimum absolute atomic E-state index is 0.471. The Hall–Kier alpha value is -4.02. The highest BCUT2D eigenvalue weighted by Gasteiger charge is 2.08. The van der Waals surface area contributed by atoms with Gasteiger partial charge in [0.1, 0.15) is 29.4 Å². The van der Waals surface area contributed by atoms with Gasteiger partial charge in [0, 0.05) is 22.0 Å². The fourth-order valence-electron chi connectivity index (χ4n) is 3.86. The van der Waals surface area contributed by atoms with Crippen LogP contribution in [0, 0.1) is 6.92 Å². The molecule has 0 atom stereocenters. The fourth-order valence-corrected chi connectivity index (χ4v) is 3.99. The number of hydrogen-bond acceptors (Lipinski definition) is 4. The number of hydrogen-bond donors (Lipinski definition) is 0. The molecule has 4 aromatic carbocycles. The Morgan fingerprint density at radius 1 is 0.778 bits per heavy atom. The SMILES string of the molecule is CCOc1ccc2oc(-c3ccc(C)cc3)cc(=Nc3ccc(OCc4ccc(Cl)cc4)cc3)c2c1. The molecule has 36 heavy (non-hydrogen) atoms. The standard InChI is InChI=1S/C31H26ClNO3/c1-3-34-27-16-17-30-28(18-27)29(19-31(36-30)23-8-4-21(2)5-9-23)33-25-12-14-26(15-13-25)35-20-22-6-10-24(32)11-7-22/h4-19H,3,20H2,1-2H3. The van der Waals surface area contributed by atoms with Crippen molar-refractivity contribution in [2.45, 2.75) is 20.5 Å². The van der Waals surface area contributed by atoms with Crippen molar-refractivity contribution in [3.05, 3.63) is 119 Å². The highest BCUT2D eigenvalue weighted by atomic mass is 35.5. The van der Waals surface area contributed by atoms with E-state index in [4.69, 9.17) is 30.5 Å². The van der Waals surface area contributed by atoms with E-state index in [9.17, 15) is 0 Å². The summed E-state index contributed by atoms with van der Waals surface area (Å²) < 4.78 is 17.9. The molecule has 5 aromatic rings. The first-order chi connectivity index (χ1) is 17.6. The van der Waals surface area contributed by atoms with Crippen LogP contribution in [-0.4, -0.2) is 6.61 Å². The molecule has 0 fully saturated rings. The van der Waals surface area contributed by atoms with Crippen LogP contribution in [0.25, 0.3) is 22.3 Å². The van der Waals surface area contributed by atoms with Crippen LogP contribution in [-0.2, 0) is 6.61 Å². The van der Waals surface area contributed by atoms with E-state index in [1.54, 1.807) is 0 Å². The van der Waals surface area contributed by atoms with Crippen LogP contribution >= 0.6 is 11.6 Å². The molecule has 1 aromatic heterocycles. The van der Waals surface area contributed by atoms with E-state index in [1.165, 1.54) is 5.56 Å². The molecule has 5 rings (SSSR count). The molecule has 0 saturated carbocycles. The summed E-state index contributed by atoms with van der Waals surface area (Å²) in [6.07, 6.45) is 0. The maximum atomic E-state index is 6.26. The zero-order chi connectivity index (χ0) is 24.9. The lowest BCUT2D eigenvalue weighted by molar-refractivity contribution is 0.306. The van der Waals surface area contributed by atoms with E-state index in [2.05, 4.69) is 31.2 Å². The van der Waals surface area contributed by atoms with Gasteiger partial charge < -0.3 is 13.9 Å². The second-order valence-corrected chi connectivity index (χ2v) is 8.91. The number of fused-ring (bicyclic) bond motifs is 1. The Kier molecular flexibility index (Phi) is 7.06. The highest BCUT2D eigenvalue weighted by molar-refractivity contribution is 6.30. The van der Waals surface area contributed by atoms with Gasteiger partial charge in [0.15, 0.2) is 0 Å². The molecule has 0 unspecified atom stereocenters. The highest BCUT2D eigenvalue weighted by Crippen LogP contribution is 2.26. The van der Waals surface area contributed by atoms with Crippen LogP contribution in [0.4, 0.5) is 5.69 Å². The number of halogens is 1. The summed E-state index contributed by atoms with van der Waals surface area (Å²) in [4.78, 5) is 4.96. The molecule has 180 valence electrons. The molecule has 1 heterocycles. The summed E-state index contributed by atoms with van der Waals surface area (Å²) in [5, 5.41) is 2.41. The summed E-state index contributed by atoms with van der Waals surface area (Å²) in [6.45, 7) is 5.10. The first-order valence-corrected chi connectivity index (χ1v) is 12.2. The van der Waals surface area contributed by atoms with Gasteiger partial charge in [-0.3, -0.25) is 0 Å². The molecule has 0 N–H and O–H groups in total. The third-order valence-corrected chi connectivity index (χ3v) is 6.02. The average molecular weight is 496 g/mol. The van der Waals surface area contributed by atoms with Crippen molar-refractivity contribution in [3.8, 4) is 22.8 Å². The van der Waals surface area contributed by atoms with Gasteiger partial charge in [0.05, 0.1) is 17.7 Å². The molecule has 5 heteroatoms. The van der Waals surface area contributed by atoms with E-state index in [-0.39, 0.29) is 0 Å². The van der Waals surface area contributed by atoms with Crippen LogP contribution in [0.5, 0.6) is 11.5 Å². The van der Waals surface area contributed by atoms with Gasteiger partial charge in [-0.15, -0.1) is 0 Å². The Labute approximate surface area is 215 Å². The van der Waals surface area contributed by atoms with Gasteiger partial charge >= 0.3 is 0 Å². The smallest absolute Gasteiger partial charge is 0.137 e. The predicted molar refractivity (Wildman–Crippen MR) is 145 cm³/mol. The third kappa shape index (κ3) is 5.61. The van der Waals surface area contributed by atoms with Crippen molar-refractivity contribution in [1.82, 2.24) is 0 Å². The minimum atomic E-state index is 0.471. The van der Waals surface area contributed by atoms with Crippen molar-refractivity contribution < 1.29 is 13.9 Å². The van der Waals surface area contributed by atoms with Crippen LogP contribution in [0.15, 0.2) is 106 Å². The van der Waals surface area contributed by atoms with Crippen LogP contribution in [0.3, 0.4) is 0 Å². The van der Waals surface area contributed by atoms with Crippen LogP contribution in [0.1, 0.15) is 18.1 Å². The second-order valence-electron chi connectivity index (χ2n) is 8.47. The summed E-state index contributed by atoms with van der Waals surface area (Å²) in [6, 6.07) is 31.5. The molecule has 0 amide bonds. The zero-order valence-corrected chi connectivity index (χ0v) is 21.0. The first kappa shape index (κ1) is 23.7. The van der Waals surface area contributed by atoms with Gasteiger partial charge in [-0.25, -0.2) is 4.99 Å². The molecule has 0 saturated heterocycles. The maximum Gasteiger partial charge on any atom is 0.137 e. The van der Waals surface area contributed by atoms with Crippen LogP contribution < -0.4 is 14.8 Å². The maximum absolute atomic E-state index is 6.26. The lowest BCUT2D eigenvalue weighted by Crippen LogP contribution is -2.04. The molecular formula is C31H26ClNO3. The van der Waals surface area contributed by atoms with Gasteiger partial charge in [-0.2, -0.15) is 0 Å². The van der Waals surface area contributed by atoms with Gasteiger partial charge in [-0.05, 0) is 74.0 Å². The summed E-state index contributed by atoms with van der Waals surface area (Å²) in [5.74, 6) is 2.31. The first-order valence-electron chi connectivity index (χ1n) is 11.9. The van der Waals surface area contributed by atoms with E-state index in [0.717, 1.165) is 50.4 Å². The van der Waals surface area contributed by atoms with Crippen molar-refractivity contribution in [2.75, 3.05) is 6.61 Å². The molecule has 4 nitrogen and oxygen atoms in total. The van der Waals surface area contributed by atoms with Crippen LogP contribution in [0.2, 0.25) is 5.02 Å². The summed E-state index contributed by atoms with van der Waals surface area (Å²) in [5.41, 5.74) is 4.82. The Balaban J connectivity index is 1.49. The average Bonchev–Trinajstić information content (AvgIpc) is 2.90. The third-order valence-electron chi connectivity index (χ3n) is 5.77. The molecule has 0 bridgehead atoms. The van der Waals surface area contributed by atoms with Crippen molar-refractivity contribution in [3.63, 3.8) is 0 Å². The predicted octanol–water partition coefficient (Wildman–Crippen LogP) is 8.27. The second kappa shape index (κ2) is 10.7. The Morgan fingerprint density at radius 2 is 1.50 bits per heavy atom. The molecule has 0 aliphatic rings. The van der Waals surface area contributed by atoms with Gasteiger partial charge in [-0.1, -0.05) is 53.6 Å². The number of nitrogens with zero attached hydrogens (tertiary/aromatic N) is 1.